The van der Waals surface area contributed by atoms with Crippen LogP contribution in [0.15, 0.2) is 24.3 Å². The third-order valence-corrected chi connectivity index (χ3v) is 3.19. The zero-order chi connectivity index (χ0) is 13.3. The van der Waals surface area contributed by atoms with Crippen LogP contribution in [0.2, 0.25) is 0 Å². The minimum absolute atomic E-state index is 0.178. The predicted molar refractivity (Wildman–Crippen MR) is 76.3 cm³/mol. The molecule has 1 unspecified atom stereocenters. The van der Waals surface area contributed by atoms with Gasteiger partial charge >= 0.3 is 0 Å². The molecule has 17 heavy (non-hydrogen) atoms. The van der Waals surface area contributed by atoms with Crippen molar-refractivity contribution in [2.45, 2.75) is 59.4 Å². The molecule has 0 aliphatic rings. The molecule has 0 fully saturated rings. The van der Waals surface area contributed by atoms with Crippen molar-refractivity contribution in [2.24, 2.45) is 11.1 Å². The van der Waals surface area contributed by atoms with Gasteiger partial charge in [0.05, 0.1) is 0 Å². The van der Waals surface area contributed by atoms with Crippen LogP contribution in [0.5, 0.6) is 0 Å². The Morgan fingerprint density at radius 2 is 1.47 bits per heavy atom. The van der Waals surface area contributed by atoms with Crippen molar-refractivity contribution in [2.75, 3.05) is 0 Å². The standard InChI is InChI=1S/C16H27N/c1-12-7-9-13(10-8-12)14(16(5,6)17)11-15(2,3)4/h7-10,14H,11,17H2,1-6H3. The van der Waals surface area contributed by atoms with Crippen molar-refractivity contribution in [3.05, 3.63) is 35.4 Å². The van der Waals surface area contributed by atoms with Gasteiger partial charge in [-0.25, -0.2) is 0 Å². The molecule has 0 saturated carbocycles. The van der Waals surface area contributed by atoms with Crippen molar-refractivity contribution >= 4 is 0 Å². The van der Waals surface area contributed by atoms with Crippen LogP contribution in [0.1, 0.15) is 58.1 Å². The van der Waals surface area contributed by atoms with E-state index in [0.29, 0.717) is 11.3 Å². The third-order valence-electron chi connectivity index (χ3n) is 3.19. The summed E-state index contributed by atoms with van der Waals surface area (Å²) >= 11 is 0. The van der Waals surface area contributed by atoms with E-state index in [1.165, 1.54) is 11.1 Å². The molecule has 1 heteroatoms. The summed E-state index contributed by atoms with van der Waals surface area (Å²) in [5, 5.41) is 0. The second-order valence-corrected chi connectivity index (χ2v) is 7.05. The Balaban J connectivity index is 3.03. The van der Waals surface area contributed by atoms with Crippen molar-refractivity contribution in [3.63, 3.8) is 0 Å². The number of aryl methyl sites for hydroxylation is 1. The second-order valence-electron chi connectivity index (χ2n) is 7.05. The van der Waals surface area contributed by atoms with Crippen LogP contribution in [0, 0.1) is 12.3 Å². The van der Waals surface area contributed by atoms with Crippen molar-refractivity contribution in [1.29, 1.82) is 0 Å². The molecule has 2 N–H and O–H groups in total. The van der Waals surface area contributed by atoms with Crippen LogP contribution < -0.4 is 5.73 Å². The van der Waals surface area contributed by atoms with E-state index in [0.717, 1.165) is 6.42 Å². The lowest BCUT2D eigenvalue weighted by Crippen LogP contribution is -2.41. The summed E-state index contributed by atoms with van der Waals surface area (Å²) in [7, 11) is 0. The molecule has 0 saturated heterocycles. The molecule has 1 nitrogen and oxygen atoms in total. The Morgan fingerprint density at radius 1 is 1.00 bits per heavy atom. The molecule has 96 valence electrons. The van der Waals surface area contributed by atoms with Crippen LogP contribution in [-0.2, 0) is 0 Å². The van der Waals surface area contributed by atoms with Crippen molar-refractivity contribution in [3.8, 4) is 0 Å². The molecule has 0 aliphatic heterocycles. The first-order valence-electron chi connectivity index (χ1n) is 6.45. The predicted octanol–water partition coefficient (Wildman–Crippen LogP) is 4.25. The fourth-order valence-electron chi connectivity index (χ4n) is 2.22. The smallest absolute Gasteiger partial charge is 0.0166 e. The highest BCUT2D eigenvalue weighted by atomic mass is 14.7. The highest BCUT2D eigenvalue weighted by Gasteiger charge is 2.30. The molecule has 1 rings (SSSR count). The number of benzene rings is 1. The van der Waals surface area contributed by atoms with E-state index in [4.69, 9.17) is 5.73 Å². The molecule has 0 radical (unpaired) electrons. The van der Waals surface area contributed by atoms with E-state index in [1.807, 2.05) is 0 Å². The molecule has 0 bridgehead atoms. The lowest BCUT2D eigenvalue weighted by atomic mass is 9.73. The molecular weight excluding hydrogens is 206 g/mol. The van der Waals surface area contributed by atoms with Gasteiger partial charge in [-0.3, -0.25) is 0 Å². The maximum atomic E-state index is 6.36. The van der Waals surface area contributed by atoms with E-state index in [-0.39, 0.29) is 5.54 Å². The molecule has 0 aromatic heterocycles. The fraction of sp³-hybridized carbons (Fsp3) is 0.625. The second kappa shape index (κ2) is 4.81. The molecule has 1 aromatic carbocycles. The average molecular weight is 233 g/mol. The number of rotatable bonds is 3. The van der Waals surface area contributed by atoms with E-state index >= 15 is 0 Å². The van der Waals surface area contributed by atoms with Crippen LogP contribution >= 0.6 is 0 Å². The Bertz CT molecular complexity index is 349. The van der Waals surface area contributed by atoms with E-state index in [2.05, 4.69) is 65.8 Å². The third kappa shape index (κ3) is 4.51. The first kappa shape index (κ1) is 14.2. The fourth-order valence-corrected chi connectivity index (χ4v) is 2.22. The first-order chi connectivity index (χ1) is 7.59. The largest absolute Gasteiger partial charge is 0.325 e. The quantitative estimate of drug-likeness (QED) is 0.829. The van der Waals surface area contributed by atoms with Crippen molar-refractivity contribution < 1.29 is 0 Å². The summed E-state index contributed by atoms with van der Waals surface area (Å²) in [6, 6.07) is 8.80. The van der Waals surface area contributed by atoms with Gasteiger partial charge in [-0.05, 0) is 38.2 Å². The highest BCUT2D eigenvalue weighted by Crippen LogP contribution is 2.37. The summed E-state index contributed by atoms with van der Waals surface area (Å²) in [6.45, 7) is 13.2. The van der Waals surface area contributed by atoms with E-state index in [1.54, 1.807) is 0 Å². The maximum absolute atomic E-state index is 6.36. The monoisotopic (exact) mass is 233 g/mol. The van der Waals surface area contributed by atoms with Gasteiger partial charge in [-0.15, -0.1) is 0 Å². The topological polar surface area (TPSA) is 26.0 Å². The van der Waals surface area contributed by atoms with Crippen molar-refractivity contribution in [1.82, 2.24) is 0 Å². The maximum Gasteiger partial charge on any atom is 0.0166 e. The van der Waals surface area contributed by atoms with Gasteiger partial charge in [0.15, 0.2) is 0 Å². The molecule has 1 aromatic rings. The lowest BCUT2D eigenvalue weighted by Gasteiger charge is -2.36. The van der Waals surface area contributed by atoms with Gasteiger partial charge < -0.3 is 5.73 Å². The Hall–Kier alpha value is -0.820. The molecule has 0 spiro atoms. The number of hydrogen-bond donors (Lipinski definition) is 1. The molecule has 0 heterocycles. The zero-order valence-corrected chi connectivity index (χ0v) is 12.2. The minimum atomic E-state index is -0.178. The Morgan fingerprint density at radius 3 is 1.82 bits per heavy atom. The van der Waals surface area contributed by atoms with Gasteiger partial charge in [0.2, 0.25) is 0 Å². The Kier molecular flexibility index (Phi) is 4.03. The van der Waals surface area contributed by atoms with Gasteiger partial charge in [-0.2, -0.15) is 0 Å². The molecular formula is C16H27N. The van der Waals surface area contributed by atoms with Gasteiger partial charge in [0.1, 0.15) is 0 Å². The van der Waals surface area contributed by atoms with Crippen LogP contribution in [0.25, 0.3) is 0 Å². The minimum Gasteiger partial charge on any atom is -0.325 e. The summed E-state index contributed by atoms with van der Waals surface area (Å²) < 4.78 is 0. The van der Waals surface area contributed by atoms with Crippen LogP contribution in [0.3, 0.4) is 0 Å². The number of hydrogen-bond acceptors (Lipinski definition) is 1. The zero-order valence-electron chi connectivity index (χ0n) is 12.2. The number of nitrogens with two attached hydrogens (primary N) is 1. The highest BCUT2D eigenvalue weighted by molar-refractivity contribution is 5.27. The summed E-state index contributed by atoms with van der Waals surface area (Å²) in [6.07, 6.45) is 1.11. The van der Waals surface area contributed by atoms with Gasteiger partial charge in [-0.1, -0.05) is 50.6 Å². The molecule has 0 aliphatic carbocycles. The van der Waals surface area contributed by atoms with Gasteiger partial charge in [0.25, 0.3) is 0 Å². The average Bonchev–Trinajstić information content (AvgIpc) is 2.13. The van der Waals surface area contributed by atoms with Gasteiger partial charge in [0, 0.05) is 11.5 Å². The molecule has 0 amide bonds. The Labute approximate surface area is 106 Å². The van der Waals surface area contributed by atoms with E-state index in [9.17, 15) is 0 Å². The SMILES string of the molecule is Cc1ccc(C(CC(C)(C)C)C(C)(C)N)cc1. The normalized spacial score (nSPS) is 14.8. The summed E-state index contributed by atoms with van der Waals surface area (Å²) in [4.78, 5) is 0. The van der Waals surface area contributed by atoms with Crippen LogP contribution in [-0.4, -0.2) is 5.54 Å². The summed E-state index contributed by atoms with van der Waals surface area (Å²) in [5.74, 6) is 0.406. The molecule has 1 atom stereocenters. The van der Waals surface area contributed by atoms with E-state index < -0.39 is 0 Å². The first-order valence-corrected chi connectivity index (χ1v) is 6.45. The van der Waals surface area contributed by atoms with Crippen LogP contribution in [0.4, 0.5) is 0 Å². The lowest BCUT2D eigenvalue weighted by molar-refractivity contribution is 0.275. The summed E-state index contributed by atoms with van der Waals surface area (Å²) in [5.41, 5.74) is 9.14.